The average Bonchev–Trinajstić information content (AvgIpc) is 2.55. The van der Waals surface area contributed by atoms with Crippen LogP contribution in [0, 0.1) is 0 Å². The van der Waals surface area contributed by atoms with Gasteiger partial charge in [0.1, 0.15) is 0 Å². The molecule has 0 unspecified atom stereocenters. The van der Waals surface area contributed by atoms with Crippen molar-refractivity contribution in [2.75, 3.05) is 0 Å². The second kappa shape index (κ2) is 5.94. The van der Waals surface area contributed by atoms with Crippen LogP contribution in [0.5, 0.6) is 0 Å². The predicted octanol–water partition coefficient (Wildman–Crippen LogP) is 1.57. The Hall–Kier alpha value is -1.74. The summed E-state index contributed by atoms with van der Waals surface area (Å²) in [7, 11) is 0. The third-order valence-corrected chi connectivity index (χ3v) is 3.63. The molecule has 0 saturated carbocycles. The van der Waals surface area contributed by atoms with Crippen molar-refractivity contribution in [3.05, 3.63) is 73.3 Å². The van der Waals surface area contributed by atoms with E-state index < -0.39 is 0 Å². The monoisotopic (exact) mass is 280 g/mol. The van der Waals surface area contributed by atoms with Crippen molar-refractivity contribution in [2.24, 2.45) is 0 Å². The van der Waals surface area contributed by atoms with Crippen LogP contribution < -0.4 is 29.6 Å². The molecule has 4 aromatic rings. The molecule has 0 N–H and O–H groups in total. The first-order valence-corrected chi connectivity index (χ1v) is 6.59. The zero-order valence-corrected chi connectivity index (χ0v) is 13.8. The van der Waals surface area contributed by atoms with E-state index in [9.17, 15) is 0 Å². The normalized spacial score (nSPS) is 10.5. The Kier molecular flexibility index (Phi) is 4.02. The second-order valence-electron chi connectivity index (χ2n) is 4.81. The van der Waals surface area contributed by atoms with Crippen LogP contribution in [0.2, 0.25) is 0 Å². The van der Waals surface area contributed by atoms with Gasteiger partial charge in [0.2, 0.25) is 0 Å². The first kappa shape index (κ1) is 14.2. The first-order valence-electron chi connectivity index (χ1n) is 6.59. The van der Waals surface area contributed by atoms with E-state index in [0.717, 1.165) is 5.56 Å². The summed E-state index contributed by atoms with van der Waals surface area (Å²) >= 11 is 0. The topological polar surface area (TPSA) is 25.8 Å². The van der Waals surface area contributed by atoms with Crippen molar-refractivity contribution in [1.82, 2.24) is 9.97 Å². The number of hydrogen-bond donors (Lipinski definition) is 0. The number of hydrogen-bond acceptors (Lipinski definition) is 2. The van der Waals surface area contributed by atoms with Gasteiger partial charge in [-0.1, -0.05) is 30.3 Å². The van der Waals surface area contributed by atoms with Crippen molar-refractivity contribution in [3.63, 3.8) is 0 Å². The molecule has 0 spiro atoms. The number of pyridine rings is 2. The zero-order chi connectivity index (χ0) is 13.4. The molecule has 2 aromatic carbocycles. The molecule has 0 saturated heterocycles. The minimum absolute atomic E-state index is 0. The molecule has 21 heavy (non-hydrogen) atoms. The summed E-state index contributed by atoms with van der Waals surface area (Å²) in [5.74, 6) is 0. The average molecular weight is 280 g/mol. The molecule has 0 fully saturated rings. The van der Waals surface area contributed by atoms with Gasteiger partial charge in [-0.15, -0.1) is 0 Å². The minimum atomic E-state index is 0. The fraction of sp³-hybridized carbons (Fsp3) is 0. The van der Waals surface area contributed by atoms with Crippen LogP contribution in [0.15, 0.2) is 73.3 Å². The van der Waals surface area contributed by atoms with Crippen LogP contribution in [-0.4, -0.2) is 9.97 Å². The molecule has 4 rings (SSSR count). The van der Waals surface area contributed by atoms with E-state index in [-0.39, 0.29) is 31.0 Å². The number of benzene rings is 2. The molecule has 0 atom stereocenters. The molecule has 2 heterocycles. The van der Waals surface area contributed by atoms with Gasteiger partial charge in [0.05, 0.1) is 0 Å². The maximum Gasteiger partial charge on any atom is 1.00 e. The number of aromatic nitrogens is 2. The van der Waals surface area contributed by atoms with Crippen molar-refractivity contribution >= 4 is 21.5 Å². The van der Waals surface area contributed by atoms with Crippen LogP contribution >= 0.6 is 0 Å². The molecule has 0 bridgehead atoms. The van der Waals surface area contributed by atoms with Crippen molar-refractivity contribution in [2.45, 2.75) is 0 Å². The standard InChI is InChI=1S/C18H12N2.Na.H/c1-2-6-15-13(4-1)10-17(14-5-3-8-19-11-14)16-7-9-20-12-18(15)16;;/h1-12H;;/q;+1;-1. The van der Waals surface area contributed by atoms with E-state index in [0.29, 0.717) is 0 Å². The van der Waals surface area contributed by atoms with Gasteiger partial charge in [-0.05, 0) is 39.9 Å². The summed E-state index contributed by atoms with van der Waals surface area (Å²) < 4.78 is 0. The third-order valence-electron chi connectivity index (χ3n) is 3.63. The SMILES string of the molecule is [H-].[Na+].c1cncc(-c2cc3ccccc3c3cnccc23)c1. The van der Waals surface area contributed by atoms with E-state index in [2.05, 4.69) is 52.4 Å². The quantitative estimate of drug-likeness (QED) is 0.391. The van der Waals surface area contributed by atoms with Crippen LogP contribution in [-0.2, 0) is 0 Å². The van der Waals surface area contributed by atoms with Gasteiger partial charge in [-0.3, -0.25) is 9.97 Å². The van der Waals surface area contributed by atoms with E-state index in [1.54, 1.807) is 6.20 Å². The summed E-state index contributed by atoms with van der Waals surface area (Å²) in [6.07, 6.45) is 7.49. The Bertz CT molecular complexity index is 910. The third kappa shape index (κ3) is 2.46. The van der Waals surface area contributed by atoms with Crippen LogP contribution in [0.4, 0.5) is 0 Å². The molecule has 3 heteroatoms. The van der Waals surface area contributed by atoms with Crippen LogP contribution in [0.1, 0.15) is 1.43 Å². The van der Waals surface area contributed by atoms with Gasteiger partial charge < -0.3 is 1.43 Å². The van der Waals surface area contributed by atoms with Crippen molar-refractivity contribution < 1.29 is 31.0 Å². The van der Waals surface area contributed by atoms with Crippen LogP contribution in [0.25, 0.3) is 32.7 Å². The molecular weight excluding hydrogens is 267 g/mol. The van der Waals surface area contributed by atoms with E-state index in [1.165, 1.54) is 27.1 Å². The molecular formula is C18H13N2Na. The Labute approximate surface area is 146 Å². The molecule has 0 aliphatic heterocycles. The Balaban J connectivity index is 0.000000882. The Morgan fingerprint density at radius 1 is 0.714 bits per heavy atom. The second-order valence-corrected chi connectivity index (χ2v) is 4.81. The van der Waals surface area contributed by atoms with Gasteiger partial charge in [-0.2, -0.15) is 0 Å². The van der Waals surface area contributed by atoms with Gasteiger partial charge >= 0.3 is 29.6 Å². The van der Waals surface area contributed by atoms with E-state index in [4.69, 9.17) is 0 Å². The predicted molar refractivity (Wildman–Crippen MR) is 83.6 cm³/mol. The fourth-order valence-corrected chi connectivity index (χ4v) is 2.71. The number of nitrogens with zero attached hydrogens (tertiary/aromatic N) is 2. The van der Waals surface area contributed by atoms with Crippen molar-refractivity contribution in [1.29, 1.82) is 0 Å². The Morgan fingerprint density at radius 3 is 2.43 bits per heavy atom. The number of fused-ring (bicyclic) bond motifs is 3. The Morgan fingerprint density at radius 2 is 1.57 bits per heavy atom. The molecule has 0 aliphatic carbocycles. The molecule has 96 valence electrons. The molecule has 0 radical (unpaired) electrons. The van der Waals surface area contributed by atoms with Gasteiger partial charge in [0.25, 0.3) is 0 Å². The number of rotatable bonds is 1. The van der Waals surface area contributed by atoms with E-state index in [1.807, 2.05) is 24.7 Å². The molecule has 2 nitrogen and oxygen atoms in total. The minimum Gasteiger partial charge on any atom is -1.00 e. The summed E-state index contributed by atoms with van der Waals surface area (Å²) in [6.45, 7) is 0. The van der Waals surface area contributed by atoms with Gasteiger partial charge in [0, 0.05) is 35.7 Å². The first-order chi connectivity index (χ1) is 9.93. The largest absolute Gasteiger partial charge is 1.00 e. The smallest absolute Gasteiger partial charge is 1.00 e. The maximum absolute atomic E-state index is 4.28. The van der Waals surface area contributed by atoms with Crippen molar-refractivity contribution in [3.8, 4) is 11.1 Å². The summed E-state index contributed by atoms with van der Waals surface area (Å²) in [5, 5.41) is 4.87. The summed E-state index contributed by atoms with van der Waals surface area (Å²) in [6, 6.07) is 16.8. The van der Waals surface area contributed by atoms with E-state index >= 15 is 0 Å². The molecule has 2 aromatic heterocycles. The fourth-order valence-electron chi connectivity index (χ4n) is 2.71. The summed E-state index contributed by atoms with van der Waals surface area (Å²) in [5.41, 5.74) is 2.34. The maximum atomic E-state index is 4.28. The molecule has 0 amide bonds. The van der Waals surface area contributed by atoms with Crippen LogP contribution in [0.3, 0.4) is 0 Å². The van der Waals surface area contributed by atoms with Gasteiger partial charge in [0.15, 0.2) is 0 Å². The van der Waals surface area contributed by atoms with Gasteiger partial charge in [-0.25, -0.2) is 0 Å². The summed E-state index contributed by atoms with van der Waals surface area (Å²) in [4.78, 5) is 8.51. The zero-order valence-electron chi connectivity index (χ0n) is 12.8. The molecule has 0 aliphatic rings.